The molecule has 144 valence electrons. The van der Waals surface area contributed by atoms with Gasteiger partial charge in [0.2, 0.25) is 5.91 Å². The first-order chi connectivity index (χ1) is 13.3. The number of nitrogens with zero attached hydrogens (tertiary/aromatic N) is 4. The van der Waals surface area contributed by atoms with Crippen molar-refractivity contribution in [2.45, 2.75) is 63.1 Å². The van der Waals surface area contributed by atoms with E-state index in [1.807, 2.05) is 18.3 Å². The van der Waals surface area contributed by atoms with Crippen molar-refractivity contribution >= 4 is 12.1 Å². The molecule has 27 heavy (non-hydrogen) atoms. The highest BCUT2D eigenvalue weighted by Crippen LogP contribution is 2.22. The first-order valence-corrected chi connectivity index (χ1v) is 9.75. The minimum absolute atomic E-state index is 0.0393. The SMILES string of the molecule is N#CC1CCCN1C(=O)CNC1CCC(O/N=C/Cc2cccnc2)CC1. The Morgan fingerprint density at radius 1 is 1.41 bits per heavy atom. The molecule has 1 aromatic rings. The van der Waals surface area contributed by atoms with Crippen LogP contribution in [-0.2, 0) is 16.1 Å². The molecule has 0 radical (unpaired) electrons. The third-order valence-corrected chi connectivity index (χ3v) is 5.27. The predicted octanol–water partition coefficient (Wildman–Crippen LogP) is 2.04. The molecular weight excluding hydrogens is 342 g/mol. The Kier molecular flexibility index (Phi) is 7.17. The van der Waals surface area contributed by atoms with E-state index < -0.39 is 0 Å². The molecule has 1 saturated carbocycles. The number of likely N-dealkylation sites (tertiary alicyclic amines) is 1. The standard InChI is InChI=1S/C20H27N5O2/c21-13-18-4-2-12-25(18)20(26)15-23-17-5-7-19(8-6-17)27-24-11-9-16-3-1-10-22-14-16/h1,3,10-11,14,17-19,23H,2,4-9,12,15H2/b24-11+. The molecule has 2 heterocycles. The average Bonchev–Trinajstić information content (AvgIpc) is 3.20. The average molecular weight is 369 g/mol. The van der Waals surface area contributed by atoms with Gasteiger partial charge in [0, 0.05) is 37.6 Å². The maximum absolute atomic E-state index is 12.3. The van der Waals surface area contributed by atoms with Crippen molar-refractivity contribution < 1.29 is 9.63 Å². The fourth-order valence-electron chi connectivity index (χ4n) is 3.70. The van der Waals surface area contributed by atoms with Crippen LogP contribution in [0.25, 0.3) is 0 Å². The van der Waals surface area contributed by atoms with Gasteiger partial charge in [0.1, 0.15) is 12.1 Å². The van der Waals surface area contributed by atoms with Crippen LogP contribution in [0.2, 0.25) is 0 Å². The molecule has 0 bridgehead atoms. The minimum Gasteiger partial charge on any atom is -0.393 e. The summed E-state index contributed by atoms with van der Waals surface area (Å²) >= 11 is 0. The van der Waals surface area contributed by atoms with E-state index >= 15 is 0 Å². The maximum atomic E-state index is 12.3. The van der Waals surface area contributed by atoms with Crippen molar-refractivity contribution in [2.24, 2.45) is 5.16 Å². The van der Waals surface area contributed by atoms with Gasteiger partial charge in [-0.2, -0.15) is 5.26 Å². The summed E-state index contributed by atoms with van der Waals surface area (Å²) < 4.78 is 0. The summed E-state index contributed by atoms with van der Waals surface area (Å²) in [6.45, 7) is 1.02. The van der Waals surface area contributed by atoms with Crippen LogP contribution in [0.1, 0.15) is 44.1 Å². The van der Waals surface area contributed by atoms with Crippen LogP contribution in [0, 0.1) is 11.3 Å². The summed E-state index contributed by atoms with van der Waals surface area (Å²) in [5.41, 5.74) is 1.11. The van der Waals surface area contributed by atoms with Gasteiger partial charge in [-0.1, -0.05) is 11.2 Å². The highest BCUT2D eigenvalue weighted by atomic mass is 16.6. The number of nitriles is 1. The van der Waals surface area contributed by atoms with Gasteiger partial charge in [0.05, 0.1) is 12.6 Å². The van der Waals surface area contributed by atoms with Gasteiger partial charge in [-0.3, -0.25) is 9.78 Å². The number of hydrogen-bond donors (Lipinski definition) is 1. The molecule has 1 unspecified atom stereocenters. The van der Waals surface area contributed by atoms with E-state index in [-0.39, 0.29) is 18.1 Å². The largest absolute Gasteiger partial charge is 0.393 e. The zero-order chi connectivity index (χ0) is 18.9. The van der Waals surface area contributed by atoms with Crippen molar-refractivity contribution in [3.8, 4) is 6.07 Å². The fraction of sp³-hybridized carbons (Fsp3) is 0.600. The predicted molar refractivity (Wildman–Crippen MR) is 102 cm³/mol. The van der Waals surface area contributed by atoms with Gasteiger partial charge >= 0.3 is 0 Å². The number of amides is 1. The molecule has 1 aliphatic heterocycles. The highest BCUT2D eigenvalue weighted by molar-refractivity contribution is 5.79. The van der Waals surface area contributed by atoms with E-state index in [2.05, 4.69) is 21.5 Å². The fourth-order valence-corrected chi connectivity index (χ4v) is 3.70. The number of aromatic nitrogens is 1. The van der Waals surface area contributed by atoms with E-state index in [1.165, 1.54) is 0 Å². The van der Waals surface area contributed by atoms with Crippen molar-refractivity contribution in [1.29, 1.82) is 5.26 Å². The molecule has 3 rings (SSSR count). The van der Waals surface area contributed by atoms with Crippen LogP contribution in [-0.4, -0.2) is 53.3 Å². The van der Waals surface area contributed by atoms with Crippen molar-refractivity contribution in [3.63, 3.8) is 0 Å². The summed E-state index contributed by atoms with van der Waals surface area (Å²) in [7, 11) is 0. The van der Waals surface area contributed by atoms with Crippen molar-refractivity contribution in [3.05, 3.63) is 30.1 Å². The number of nitrogens with one attached hydrogen (secondary N) is 1. The first kappa shape index (κ1) is 19.3. The van der Waals surface area contributed by atoms with Crippen LogP contribution in [0.5, 0.6) is 0 Å². The maximum Gasteiger partial charge on any atom is 0.237 e. The molecule has 2 aliphatic rings. The Balaban J connectivity index is 1.31. The zero-order valence-corrected chi connectivity index (χ0v) is 15.6. The lowest BCUT2D eigenvalue weighted by Gasteiger charge is -2.28. The molecule has 1 N–H and O–H groups in total. The third-order valence-electron chi connectivity index (χ3n) is 5.27. The molecule has 0 spiro atoms. The molecule has 2 fully saturated rings. The molecule has 0 aromatic carbocycles. The number of oxime groups is 1. The summed E-state index contributed by atoms with van der Waals surface area (Å²) in [5, 5.41) is 16.5. The first-order valence-electron chi connectivity index (χ1n) is 9.75. The van der Waals surface area contributed by atoms with E-state index in [9.17, 15) is 4.79 Å². The summed E-state index contributed by atoms with van der Waals surface area (Å²) in [4.78, 5) is 23.7. The van der Waals surface area contributed by atoms with Crippen LogP contribution in [0.15, 0.2) is 29.7 Å². The zero-order valence-electron chi connectivity index (χ0n) is 15.6. The molecule has 7 heteroatoms. The second kappa shape index (κ2) is 10.0. The lowest BCUT2D eigenvalue weighted by molar-refractivity contribution is -0.130. The summed E-state index contributed by atoms with van der Waals surface area (Å²) in [5.74, 6) is 0.0393. The summed E-state index contributed by atoms with van der Waals surface area (Å²) in [6, 6.07) is 6.23. The molecular formula is C20H27N5O2. The van der Waals surface area contributed by atoms with Gasteiger partial charge in [-0.25, -0.2) is 0 Å². The van der Waals surface area contributed by atoms with E-state index in [4.69, 9.17) is 10.1 Å². The third kappa shape index (κ3) is 5.76. The Bertz CT molecular complexity index is 665. The van der Waals surface area contributed by atoms with Gasteiger partial charge in [0.15, 0.2) is 0 Å². The Morgan fingerprint density at radius 2 is 2.26 bits per heavy atom. The number of hydrogen-bond acceptors (Lipinski definition) is 6. The Hall–Kier alpha value is -2.46. The number of carbonyl (C=O) groups excluding carboxylic acids is 1. The van der Waals surface area contributed by atoms with Crippen molar-refractivity contribution in [2.75, 3.05) is 13.1 Å². The second-order valence-electron chi connectivity index (χ2n) is 7.19. The molecule has 1 saturated heterocycles. The monoisotopic (exact) mass is 369 g/mol. The number of carbonyl (C=O) groups is 1. The van der Waals surface area contributed by atoms with Crippen LogP contribution in [0.4, 0.5) is 0 Å². The molecule has 1 amide bonds. The Morgan fingerprint density at radius 3 is 3.00 bits per heavy atom. The lowest BCUT2D eigenvalue weighted by atomic mass is 9.93. The Labute approximate surface area is 160 Å². The number of pyridine rings is 1. The van der Waals surface area contributed by atoms with Crippen LogP contribution < -0.4 is 5.32 Å². The van der Waals surface area contributed by atoms with E-state index in [1.54, 1.807) is 17.3 Å². The highest BCUT2D eigenvalue weighted by Gasteiger charge is 2.29. The number of rotatable bonds is 7. The van der Waals surface area contributed by atoms with Gasteiger partial charge < -0.3 is 15.1 Å². The van der Waals surface area contributed by atoms with Gasteiger partial charge in [0.25, 0.3) is 0 Å². The molecule has 1 atom stereocenters. The van der Waals surface area contributed by atoms with E-state index in [0.717, 1.165) is 44.1 Å². The molecule has 7 nitrogen and oxygen atoms in total. The van der Waals surface area contributed by atoms with Crippen LogP contribution >= 0.6 is 0 Å². The van der Waals surface area contributed by atoms with Gasteiger partial charge in [-0.05, 0) is 50.2 Å². The van der Waals surface area contributed by atoms with E-state index in [0.29, 0.717) is 25.6 Å². The lowest BCUT2D eigenvalue weighted by Crippen LogP contribution is -2.44. The smallest absolute Gasteiger partial charge is 0.237 e. The van der Waals surface area contributed by atoms with Gasteiger partial charge in [-0.15, -0.1) is 0 Å². The second-order valence-corrected chi connectivity index (χ2v) is 7.19. The minimum atomic E-state index is -0.243. The summed E-state index contributed by atoms with van der Waals surface area (Å²) in [6.07, 6.45) is 11.7. The topological polar surface area (TPSA) is 90.6 Å². The quantitative estimate of drug-likeness (QED) is 0.587. The molecule has 1 aliphatic carbocycles. The van der Waals surface area contributed by atoms with Crippen molar-refractivity contribution in [1.82, 2.24) is 15.2 Å². The van der Waals surface area contributed by atoms with Crippen LogP contribution in [0.3, 0.4) is 0 Å². The molecule has 1 aromatic heterocycles. The normalized spacial score (nSPS) is 25.4.